The lowest BCUT2D eigenvalue weighted by Gasteiger charge is -2.11. The zero-order valence-corrected chi connectivity index (χ0v) is 13.1. The smallest absolute Gasteiger partial charge is 0.268 e. The Hall–Kier alpha value is -2.66. The van der Waals surface area contributed by atoms with Crippen LogP contribution in [-0.2, 0) is 9.53 Å². The number of rotatable bonds is 7. The second-order valence-corrected chi connectivity index (χ2v) is 4.95. The highest BCUT2D eigenvalue weighted by Crippen LogP contribution is 2.10. The molecule has 0 aliphatic carbocycles. The van der Waals surface area contributed by atoms with Crippen LogP contribution in [0.2, 0.25) is 0 Å². The van der Waals surface area contributed by atoms with Gasteiger partial charge in [-0.1, -0.05) is 36.4 Å². The van der Waals surface area contributed by atoms with E-state index >= 15 is 0 Å². The molecule has 0 saturated carbocycles. The van der Waals surface area contributed by atoms with Gasteiger partial charge in [0, 0.05) is 32.5 Å². The molecule has 23 heavy (non-hydrogen) atoms. The fraction of sp³-hybridized carbons (Fsp3) is 0.222. The van der Waals surface area contributed by atoms with E-state index in [1.807, 2.05) is 30.3 Å². The molecule has 0 bridgehead atoms. The highest BCUT2D eigenvalue weighted by atomic mass is 16.5. The van der Waals surface area contributed by atoms with Gasteiger partial charge in [-0.2, -0.15) is 0 Å². The number of nitrogens with one attached hydrogen (secondary N) is 1. The maximum atomic E-state index is 12.5. The normalized spacial score (nSPS) is 11.3. The van der Waals surface area contributed by atoms with Crippen molar-refractivity contribution < 1.29 is 9.53 Å². The van der Waals surface area contributed by atoms with Crippen LogP contribution in [0, 0.1) is 0 Å². The average Bonchev–Trinajstić information content (AvgIpc) is 2.58. The van der Waals surface area contributed by atoms with E-state index in [9.17, 15) is 9.59 Å². The summed E-state index contributed by atoms with van der Waals surface area (Å²) in [5, 5.41) is 2.82. The van der Waals surface area contributed by atoms with Gasteiger partial charge < -0.3 is 10.1 Å². The summed E-state index contributed by atoms with van der Waals surface area (Å²) in [6, 6.07) is 14.2. The number of hydrogen-bond acceptors (Lipinski definition) is 3. The summed E-state index contributed by atoms with van der Waals surface area (Å²) in [5.74, 6) is -0.293. The molecule has 0 radical (unpaired) electrons. The van der Waals surface area contributed by atoms with Crippen LogP contribution in [0.25, 0.3) is 11.8 Å². The number of ether oxygens (including phenoxy) is 1. The first kappa shape index (κ1) is 16.7. The molecular weight excluding hydrogens is 292 g/mol. The molecule has 1 N–H and O–H groups in total. The lowest BCUT2D eigenvalue weighted by molar-refractivity contribution is -0.116. The van der Waals surface area contributed by atoms with E-state index in [2.05, 4.69) is 5.32 Å². The summed E-state index contributed by atoms with van der Waals surface area (Å²) in [6.07, 6.45) is 4.00. The molecule has 0 aliphatic heterocycles. The number of hydrogen-bond donors (Lipinski definition) is 1. The number of amides is 1. The van der Waals surface area contributed by atoms with Crippen LogP contribution in [0.5, 0.6) is 0 Å². The Bertz CT molecular complexity index is 720. The molecule has 1 aromatic heterocycles. The quantitative estimate of drug-likeness (QED) is 0.628. The van der Waals surface area contributed by atoms with Crippen molar-refractivity contribution >= 4 is 17.7 Å². The van der Waals surface area contributed by atoms with E-state index in [1.165, 1.54) is 10.6 Å². The van der Waals surface area contributed by atoms with Crippen LogP contribution in [0.4, 0.5) is 0 Å². The van der Waals surface area contributed by atoms with Gasteiger partial charge in [-0.05, 0) is 24.1 Å². The summed E-state index contributed by atoms with van der Waals surface area (Å²) >= 11 is 0. The van der Waals surface area contributed by atoms with Gasteiger partial charge in [0.05, 0.1) is 0 Å². The molecule has 0 atom stereocenters. The first-order valence-electron chi connectivity index (χ1n) is 7.44. The second kappa shape index (κ2) is 8.70. The fourth-order valence-corrected chi connectivity index (χ4v) is 2.09. The largest absolute Gasteiger partial charge is 0.385 e. The van der Waals surface area contributed by atoms with Crippen LogP contribution < -0.4 is 10.9 Å². The van der Waals surface area contributed by atoms with Gasteiger partial charge in [-0.25, -0.2) is 0 Å². The van der Waals surface area contributed by atoms with Gasteiger partial charge >= 0.3 is 0 Å². The minimum atomic E-state index is -0.293. The molecular formula is C18H20N2O3. The number of carbonyl (C=O) groups excluding carboxylic acids is 1. The molecule has 2 aromatic rings. The highest BCUT2D eigenvalue weighted by molar-refractivity contribution is 6.18. The number of carbonyl (C=O) groups is 1. The predicted molar refractivity (Wildman–Crippen MR) is 90.8 cm³/mol. The van der Waals surface area contributed by atoms with Gasteiger partial charge in [0.1, 0.15) is 5.70 Å². The Labute approximate surface area is 135 Å². The standard InChI is InChI=1S/C18H20N2O3/c1-23-13-7-11-19-18(22)16(14-15-8-3-2-4-9-15)20-12-6-5-10-17(20)21/h2-6,8-10,12,14H,7,11,13H2,1H3,(H,19,22)/b16-14+. The minimum Gasteiger partial charge on any atom is -0.385 e. The Kier molecular flexibility index (Phi) is 6.32. The molecule has 5 heteroatoms. The monoisotopic (exact) mass is 312 g/mol. The van der Waals surface area contributed by atoms with Crippen LogP contribution in [-0.4, -0.2) is 30.7 Å². The second-order valence-electron chi connectivity index (χ2n) is 4.95. The topological polar surface area (TPSA) is 60.3 Å². The van der Waals surface area contributed by atoms with Gasteiger partial charge in [0.15, 0.2) is 0 Å². The van der Waals surface area contributed by atoms with Crippen molar-refractivity contribution in [2.45, 2.75) is 6.42 Å². The minimum absolute atomic E-state index is 0.248. The van der Waals surface area contributed by atoms with Crippen LogP contribution in [0.15, 0.2) is 59.5 Å². The molecule has 0 aliphatic rings. The summed E-state index contributed by atoms with van der Waals surface area (Å²) in [5.41, 5.74) is 0.895. The first-order valence-corrected chi connectivity index (χ1v) is 7.44. The van der Waals surface area contributed by atoms with Crippen LogP contribution in [0.1, 0.15) is 12.0 Å². The average molecular weight is 312 g/mol. The van der Waals surface area contributed by atoms with Gasteiger partial charge in [-0.3, -0.25) is 14.2 Å². The third-order valence-electron chi connectivity index (χ3n) is 3.23. The lowest BCUT2D eigenvalue weighted by Crippen LogP contribution is -2.31. The number of benzene rings is 1. The molecule has 0 spiro atoms. The number of methoxy groups -OCH3 is 1. The fourth-order valence-electron chi connectivity index (χ4n) is 2.09. The summed E-state index contributed by atoms with van der Waals surface area (Å²) < 4.78 is 6.31. The zero-order chi connectivity index (χ0) is 16.5. The molecule has 0 unspecified atom stereocenters. The Morgan fingerprint density at radius 2 is 1.91 bits per heavy atom. The molecule has 1 aromatic carbocycles. The van der Waals surface area contributed by atoms with Crippen molar-refractivity contribution in [2.75, 3.05) is 20.3 Å². The van der Waals surface area contributed by atoms with Gasteiger partial charge in [0.2, 0.25) is 0 Å². The maximum absolute atomic E-state index is 12.5. The van der Waals surface area contributed by atoms with Gasteiger partial charge in [0.25, 0.3) is 11.5 Å². The molecule has 0 fully saturated rings. The third kappa shape index (κ3) is 4.93. The van der Waals surface area contributed by atoms with E-state index in [4.69, 9.17) is 4.74 Å². The lowest BCUT2D eigenvalue weighted by atomic mass is 10.2. The number of nitrogens with zero attached hydrogens (tertiary/aromatic N) is 1. The Morgan fingerprint density at radius 1 is 1.17 bits per heavy atom. The Balaban J connectivity index is 2.29. The molecule has 0 saturated heterocycles. The summed E-state index contributed by atoms with van der Waals surface area (Å²) in [6.45, 7) is 1.06. The summed E-state index contributed by atoms with van der Waals surface area (Å²) in [4.78, 5) is 24.5. The van der Waals surface area contributed by atoms with E-state index in [0.29, 0.717) is 25.3 Å². The van der Waals surface area contributed by atoms with Crippen molar-refractivity contribution in [1.29, 1.82) is 0 Å². The SMILES string of the molecule is COCCCNC(=O)/C(=C\c1ccccc1)n1ccccc1=O. The predicted octanol–water partition coefficient (Wildman–Crippen LogP) is 2.00. The number of pyridine rings is 1. The molecule has 1 heterocycles. The van der Waals surface area contributed by atoms with E-state index in [1.54, 1.807) is 31.5 Å². The maximum Gasteiger partial charge on any atom is 0.268 e. The van der Waals surface area contributed by atoms with Gasteiger partial charge in [-0.15, -0.1) is 0 Å². The molecule has 120 valence electrons. The van der Waals surface area contributed by atoms with E-state index in [-0.39, 0.29) is 11.5 Å². The van der Waals surface area contributed by atoms with Crippen molar-refractivity contribution in [3.05, 3.63) is 70.6 Å². The van der Waals surface area contributed by atoms with Crippen molar-refractivity contribution in [3.8, 4) is 0 Å². The third-order valence-corrected chi connectivity index (χ3v) is 3.23. The van der Waals surface area contributed by atoms with E-state index in [0.717, 1.165) is 5.56 Å². The van der Waals surface area contributed by atoms with Crippen molar-refractivity contribution in [3.63, 3.8) is 0 Å². The van der Waals surface area contributed by atoms with E-state index < -0.39 is 0 Å². The summed E-state index contributed by atoms with van der Waals surface area (Å²) in [7, 11) is 1.62. The van der Waals surface area contributed by atoms with Crippen LogP contribution >= 0.6 is 0 Å². The van der Waals surface area contributed by atoms with Crippen molar-refractivity contribution in [1.82, 2.24) is 9.88 Å². The zero-order valence-electron chi connectivity index (χ0n) is 13.1. The molecule has 2 rings (SSSR count). The highest BCUT2D eigenvalue weighted by Gasteiger charge is 2.12. The van der Waals surface area contributed by atoms with Crippen LogP contribution in [0.3, 0.4) is 0 Å². The Morgan fingerprint density at radius 3 is 2.61 bits per heavy atom. The number of aromatic nitrogens is 1. The molecule has 5 nitrogen and oxygen atoms in total. The molecule has 1 amide bonds. The first-order chi connectivity index (χ1) is 11.2. The van der Waals surface area contributed by atoms with Crippen molar-refractivity contribution in [2.24, 2.45) is 0 Å².